The van der Waals surface area contributed by atoms with Crippen LogP contribution in [0.1, 0.15) is 54.4 Å². The molecule has 0 saturated heterocycles. The third-order valence-electron chi connectivity index (χ3n) is 7.09. The Bertz CT molecular complexity index is 1200. The average Bonchev–Trinajstić information content (AvgIpc) is 3.49. The number of alkyl halides is 3. The third kappa shape index (κ3) is 3.45. The second-order valence-electron chi connectivity index (χ2n) is 9.22. The summed E-state index contributed by atoms with van der Waals surface area (Å²) in [4.78, 5) is 17.5. The minimum atomic E-state index is -4.66. The highest BCUT2D eigenvalue weighted by molar-refractivity contribution is 6.00. The summed E-state index contributed by atoms with van der Waals surface area (Å²) in [5.41, 5.74) is 0.0630. The molecule has 3 aromatic heterocycles. The molecule has 2 bridgehead atoms. The molecule has 7 nitrogen and oxygen atoms in total. The fourth-order valence-corrected chi connectivity index (χ4v) is 5.61. The van der Waals surface area contributed by atoms with Crippen LogP contribution in [-0.4, -0.2) is 36.3 Å². The lowest BCUT2D eigenvalue weighted by Gasteiger charge is -2.28. The van der Waals surface area contributed by atoms with E-state index in [1.54, 1.807) is 20.2 Å². The maximum atomic E-state index is 13.8. The zero-order valence-electron chi connectivity index (χ0n) is 18.1. The van der Waals surface area contributed by atoms with Gasteiger partial charge in [0.15, 0.2) is 11.3 Å². The summed E-state index contributed by atoms with van der Waals surface area (Å²) in [7, 11) is 1.69. The molecular formula is C22H25F3N6O. The zero-order chi connectivity index (χ0) is 22.8. The Morgan fingerprint density at radius 1 is 1.28 bits per heavy atom. The molecular weight excluding hydrogens is 421 g/mol. The Labute approximate surface area is 183 Å². The minimum absolute atomic E-state index is 0.0360. The predicted octanol–water partition coefficient (Wildman–Crippen LogP) is 4.01. The van der Waals surface area contributed by atoms with E-state index < -0.39 is 17.8 Å². The Balaban J connectivity index is 1.53. The van der Waals surface area contributed by atoms with Gasteiger partial charge in [-0.15, -0.1) is 0 Å². The van der Waals surface area contributed by atoms with Gasteiger partial charge in [0, 0.05) is 24.8 Å². The van der Waals surface area contributed by atoms with E-state index in [0.29, 0.717) is 27.6 Å². The van der Waals surface area contributed by atoms with Gasteiger partial charge in [-0.1, -0.05) is 6.42 Å². The van der Waals surface area contributed by atoms with Gasteiger partial charge in [0.1, 0.15) is 5.56 Å². The summed E-state index contributed by atoms with van der Waals surface area (Å²) < 4.78 is 43.7. The van der Waals surface area contributed by atoms with Gasteiger partial charge in [0.05, 0.1) is 17.6 Å². The molecule has 1 amide bonds. The second kappa shape index (κ2) is 7.31. The van der Waals surface area contributed by atoms with E-state index in [1.165, 1.54) is 30.1 Å². The first-order chi connectivity index (χ1) is 15.1. The summed E-state index contributed by atoms with van der Waals surface area (Å²) in [6.07, 6.45) is 2.88. The summed E-state index contributed by atoms with van der Waals surface area (Å²) in [6.45, 7) is 3.68. The number of amides is 1. The number of carbonyl (C=O) groups is 1. The van der Waals surface area contributed by atoms with Crippen molar-refractivity contribution in [3.63, 3.8) is 0 Å². The van der Waals surface area contributed by atoms with Gasteiger partial charge in [-0.05, 0) is 56.9 Å². The number of fused-ring (bicyclic) bond motifs is 3. The fraction of sp³-hybridized carbons (Fsp3) is 0.545. The van der Waals surface area contributed by atoms with Gasteiger partial charge < -0.3 is 5.32 Å². The van der Waals surface area contributed by atoms with Crippen molar-refractivity contribution in [1.82, 2.24) is 29.7 Å². The molecule has 2 aliphatic rings. The van der Waals surface area contributed by atoms with Crippen LogP contribution in [0.15, 0.2) is 18.5 Å². The molecule has 0 spiro atoms. The molecule has 0 unspecified atom stereocenters. The molecule has 5 rings (SSSR count). The van der Waals surface area contributed by atoms with E-state index in [0.717, 1.165) is 18.4 Å². The van der Waals surface area contributed by atoms with Gasteiger partial charge in [-0.25, -0.2) is 9.50 Å². The van der Waals surface area contributed by atoms with E-state index in [9.17, 15) is 18.0 Å². The molecule has 170 valence electrons. The van der Waals surface area contributed by atoms with Crippen LogP contribution in [0.3, 0.4) is 0 Å². The molecule has 0 radical (unpaired) electrons. The molecule has 10 heteroatoms. The van der Waals surface area contributed by atoms with Gasteiger partial charge in [0.2, 0.25) is 0 Å². The van der Waals surface area contributed by atoms with Crippen LogP contribution in [0.4, 0.5) is 13.2 Å². The van der Waals surface area contributed by atoms with Gasteiger partial charge in [-0.2, -0.15) is 23.4 Å². The van der Waals surface area contributed by atoms with Gasteiger partial charge in [-0.3, -0.25) is 9.48 Å². The first-order valence-electron chi connectivity index (χ1n) is 10.9. The molecule has 1 N–H and O–H groups in total. The number of aryl methyl sites for hydroxylation is 2. The molecule has 4 atom stereocenters. The summed E-state index contributed by atoms with van der Waals surface area (Å²) in [5, 5.41) is 11.1. The lowest BCUT2D eigenvalue weighted by Crippen LogP contribution is -2.40. The van der Waals surface area contributed by atoms with Crippen LogP contribution < -0.4 is 5.32 Å². The fourth-order valence-electron chi connectivity index (χ4n) is 5.61. The number of hydrogen-bond acceptors (Lipinski definition) is 4. The van der Waals surface area contributed by atoms with Crippen molar-refractivity contribution in [2.75, 3.05) is 0 Å². The molecule has 3 aromatic rings. The van der Waals surface area contributed by atoms with E-state index in [-0.39, 0.29) is 22.9 Å². The van der Waals surface area contributed by atoms with Crippen LogP contribution in [0.25, 0.3) is 16.9 Å². The number of nitrogens with one attached hydrogen (secondary N) is 1. The Morgan fingerprint density at radius 3 is 2.66 bits per heavy atom. The molecule has 32 heavy (non-hydrogen) atoms. The summed E-state index contributed by atoms with van der Waals surface area (Å²) in [6, 6.07) is 0.891. The molecule has 2 aliphatic carbocycles. The van der Waals surface area contributed by atoms with Crippen molar-refractivity contribution >= 4 is 11.6 Å². The highest BCUT2D eigenvalue weighted by atomic mass is 19.4. The first-order valence-corrected chi connectivity index (χ1v) is 10.9. The van der Waals surface area contributed by atoms with Crippen molar-refractivity contribution < 1.29 is 18.0 Å². The maximum absolute atomic E-state index is 13.8. The van der Waals surface area contributed by atoms with E-state index >= 15 is 0 Å². The monoisotopic (exact) mass is 446 g/mol. The lowest BCUT2D eigenvalue weighted by atomic mass is 9.84. The van der Waals surface area contributed by atoms with Crippen LogP contribution >= 0.6 is 0 Å². The van der Waals surface area contributed by atoms with Crippen molar-refractivity contribution in [3.05, 3.63) is 35.4 Å². The standard InChI is InChI=1S/C22H25F3N6O/c1-11(15-7-13-4-5-14(15)6-13)27-21(32)16-9-26-31-19(22(23,24)25)8-18(28-20(16)31)17-10-30(3)29-12(17)2/h8-11,13-15H,4-7H2,1-3H3,(H,27,32)/t11-,13-,14-,15+/m1/s1. The van der Waals surface area contributed by atoms with Crippen molar-refractivity contribution in [2.45, 2.75) is 51.7 Å². The van der Waals surface area contributed by atoms with E-state index in [1.807, 2.05) is 6.92 Å². The molecule has 2 saturated carbocycles. The van der Waals surface area contributed by atoms with Gasteiger partial charge >= 0.3 is 6.18 Å². The lowest BCUT2D eigenvalue weighted by molar-refractivity contribution is -0.142. The zero-order valence-corrected chi connectivity index (χ0v) is 18.1. The van der Waals surface area contributed by atoms with Crippen LogP contribution in [0.2, 0.25) is 0 Å². The summed E-state index contributed by atoms with van der Waals surface area (Å²) >= 11 is 0. The third-order valence-corrected chi connectivity index (χ3v) is 7.09. The molecule has 2 fully saturated rings. The number of carbonyl (C=O) groups excluding carboxylic acids is 1. The quantitative estimate of drug-likeness (QED) is 0.657. The maximum Gasteiger partial charge on any atom is 0.433 e. The first kappa shape index (κ1) is 21.0. The number of rotatable bonds is 4. The van der Waals surface area contributed by atoms with E-state index in [2.05, 4.69) is 20.5 Å². The number of halogens is 3. The number of nitrogens with zero attached hydrogens (tertiary/aromatic N) is 5. The largest absolute Gasteiger partial charge is 0.433 e. The average molecular weight is 446 g/mol. The topological polar surface area (TPSA) is 77.1 Å². The highest BCUT2D eigenvalue weighted by Crippen LogP contribution is 2.49. The van der Waals surface area contributed by atoms with Crippen LogP contribution in [-0.2, 0) is 13.2 Å². The second-order valence-corrected chi connectivity index (χ2v) is 9.22. The van der Waals surface area contributed by atoms with Crippen LogP contribution in [0, 0.1) is 24.7 Å². The molecule has 3 heterocycles. The smallest absolute Gasteiger partial charge is 0.349 e. The Morgan fingerprint density at radius 2 is 2.06 bits per heavy atom. The predicted molar refractivity (Wildman–Crippen MR) is 111 cm³/mol. The Kier molecular flexibility index (Phi) is 4.79. The minimum Gasteiger partial charge on any atom is -0.349 e. The number of hydrogen-bond donors (Lipinski definition) is 1. The molecule has 0 aromatic carbocycles. The van der Waals surface area contributed by atoms with Crippen molar-refractivity contribution in [1.29, 1.82) is 0 Å². The SMILES string of the molecule is Cc1nn(C)cc1-c1cc(C(F)(F)F)n2ncc(C(=O)N[C@H](C)[C@@H]3C[C@@H]4CC[C@@H]3C4)c2n1. The number of aromatic nitrogens is 5. The van der Waals surface area contributed by atoms with Gasteiger partial charge in [0.25, 0.3) is 5.91 Å². The van der Waals surface area contributed by atoms with Crippen LogP contribution in [0.5, 0.6) is 0 Å². The van der Waals surface area contributed by atoms with E-state index in [4.69, 9.17) is 0 Å². The molecule has 0 aliphatic heterocycles. The van der Waals surface area contributed by atoms with Crippen molar-refractivity contribution in [2.24, 2.45) is 24.8 Å². The highest BCUT2D eigenvalue weighted by Gasteiger charge is 2.42. The van der Waals surface area contributed by atoms with Crippen molar-refractivity contribution in [3.8, 4) is 11.3 Å². The normalized spacial score (nSPS) is 23.8. The summed E-state index contributed by atoms with van der Waals surface area (Å²) in [5.74, 6) is 1.32. The Hall–Kier alpha value is -2.91.